The van der Waals surface area contributed by atoms with E-state index in [0.717, 1.165) is 18.5 Å². The van der Waals surface area contributed by atoms with E-state index in [1.165, 1.54) is 18.1 Å². The average Bonchev–Trinajstić information content (AvgIpc) is 2.22. The van der Waals surface area contributed by atoms with Crippen molar-refractivity contribution in [1.29, 1.82) is 0 Å². The van der Waals surface area contributed by atoms with Crippen LogP contribution in [0.15, 0.2) is 22.9 Å². The van der Waals surface area contributed by atoms with Crippen molar-refractivity contribution < 1.29 is 9.59 Å². The molecule has 0 saturated carbocycles. The molecule has 0 saturated heterocycles. The van der Waals surface area contributed by atoms with E-state index < -0.39 is 0 Å². The highest BCUT2D eigenvalue weighted by atomic mass is 16.2. The number of amides is 2. The smallest absolute Gasteiger partial charge is 0.224 e. The molecule has 16 heavy (non-hydrogen) atoms. The minimum absolute atomic E-state index is 0.0452. The zero-order valence-corrected chi connectivity index (χ0v) is 9.59. The van der Waals surface area contributed by atoms with Crippen LogP contribution in [0.5, 0.6) is 0 Å². The van der Waals surface area contributed by atoms with Crippen molar-refractivity contribution in [3.63, 3.8) is 0 Å². The quantitative estimate of drug-likeness (QED) is 0.692. The van der Waals surface area contributed by atoms with Crippen LogP contribution in [0.2, 0.25) is 0 Å². The van der Waals surface area contributed by atoms with Gasteiger partial charge in [0.05, 0.1) is 6.04 Å². The Morgan fingerprint density at radius 2 is 2.25 bits per heavy atom. The molecule has 1 aliphatic heterocycles. The van der Waals surface area contributed by atoms with Crippen molar-refractivity contribution in [2.24, 2.45) is 0 Å². The van der Waals surface area contributed by atoms with E-state index in [1.54, 1.807) is 0 Å². The maximum absolute atomic E-state index is 11.4. The topological polar surface area (TPSA) is 58.2 Å². The van der Waals surface area contributed by atoms with E-state index in [4.69, 9.17) is 0 Å². The van der Waals surface area contributed by atoms with Crippen LogP contribution in [-0.2, 0) is 9.59 Å². The van der Waals surface area contributed by atoms with Gasteiger partial charge in [-0.25, -0.2) is 0 Å². The lowest BCUT2D eigenvalue weighted by atomic mass is 9.87. The molecule has 0 aromatic rings. The van der Waals surface area contributed by atoms with Gasteiger partial charge in [0.15, 0.2) is 0 Å². The largest absolute Gasteiger partial charge is 0.348 e. The van der Waals surface area contributed by atoms with Gasteiger partial charge in [-0.1, -0.05) is 6.08 Å². The van der Waals surface area contributed by atoms with Crippen LogP contribution in [0.25, 0.3) is 0 Å². The number of hydrogen-bond donors (Lipinski definition) is 2. The van der Waals surface area contributed by atoms with Crippen LogP contribution in [0.1, 0.15) is 33.1 Å². The van der Waals surface area contributed by atoms with Crippen LogP contribution >= 0.6 is 0 Å². The first-order valence-corrected chi connectivity index (χ1v) is 5.55. The normalized spacial score (nSPS) is 24.5. The molecule has 0 aromatic heterocycles. The predicted octanol–water partition coefficient (Wildman–Crippen LogP) is 1.01. The van der Waals surface area contributed by atoms with Gasteiger partial charge in [-0.3, -0.25) is 9.59 Å². The maximum atomic E-state index is 11.4. The van der Waals surface area contributed by atoms with Gasteiger partial charge in [-0.15, -0.1) is 0 Å². The summed E-state index contributed by atoms with van der Waals surface area (Å²) in [6.07, 6.45) is 4.19. The first kappa shape index (κ1) is 10.9. The Hall–Kier alpha value is -1.58. The summed E-state index contributed by atoms with van der Waals surface area (Å²) in [7, 11) is 0. The highest BCUT2D eigenvalue weighted by Gasteiger charge is 2.28. The highest BCUT2D eigenvalue weighted by Crippen LogP contribution is 2.30. The van der Waals surface area contributed by atoms with E-state index >= 15 is 0 Å². The molecule has 0 radical (unpaired) electrons. The molecule has 1 unspecified atom stereocenters. The van der Waals surface area contributed by atoms with Crippen molar-refractivity contribution in [1.82, 2.24) is 10.6 Å². The van der Waals surface area contributed by atoms with E-state index in [9.17, 15) is 9.59 Å². The van der Waals surface area contributed by atoms with E-state index in [2.05, 4.69) is 23.6 Å². The summed E-state index contributed by atoms with van der Waals surface area (Å²) in [5, 5.41) is 5.76. The van der Waals surface area contributed by atoms with Crippen molar-refractivity contribution >= 4 is 11.8 Å². The fraction of sp³-hybridized carbons (Fsp3) is 0.500. The number of carbonyl (C=O) groups excluding carboxylic acids is 2. The van der Waals surface area contributed by atoms with E-state index in [0.29, 0.717) is 6.42 Å². The van der Waals surface area contributed by atoms with Crippen molar-refractivity contribution in [2.45, 2.75) is 39.2 Å². The molecular formula is C12H16N2O2. The second kappa shape index (κ2) is 4.12. The molecule has 0 spiro atoms. The summed E-state index contributed by atoms with van der Waals surface area (Å²) >= 11 is 0. The average molecular weight is 220 g/mol. The zero-order chi connectivity index (χ0) is 11.7. The number of nitrogens with one attached hydrogen (secondary N) is 2. The maximum Gasteiger partial charge on any atom is 0.224 e. The summed E-state index contributed by atoms with van der Waals surface area (Å²) in [6.45, 7) is 3.55. The van der Waals surface area contributed by atoms with Crippen molar-refractivity contribution in [3.8, 4) is 0 Å². The Balaban J connectivity index is 2.28. The third kappa shape index (κ3) is 2.01. The number of rotatable bonds is 1. The van der Waals surface area contributed by atoms with Gasteiger partial charge in [-0.2, -0.15) is 0 Å². The van der Waals surface area contributed by atoms with E-state index in [1.807, 2.05) is 0 Å². The monoisotopic (exact) mass is 220 g/mol. The SMILES string of the molecule is CC(=O)NC1CC=C(C)C2=C1NC(=O)CC2. The molecule has 2 N–H and O–H groups in total. The first-order valence-electron chi connectivity index (χ1n) is 5.55. The van der Waals surface area contributed by atoms with Gasteiger partial charge in [0.1, 0.15) is 0 Å². The van der Waals surface area contributed by atoms with Crippen LogP contribution < -0.4 is 10.6 Å². The van der Waals surface area contributed by atoms with Crippen LogP contribution in [0.4, 0.5) is 0 Å². The fourth-order valence-corrected chi connectivity index (χ4v) is 2.28. The van der Waals surface area contributed by atoms with Gasteiger partial charge in [0.25, 0.3) is 0 Å². The lowest BCUT2D eigenvalue weighted by molar-refractivity contribution is -0.122. The summed E-state index contributed by atoms with van der Waals surface area (Å²) in [4.78, 5) is 22.5. The summed E-state index contributed by atoms with van der Waals surface area (Å²) in [5.74, 6) is -0.0200. The van der Waals surface area contributed by atoms with Crippen molar-refractivity contribution in [3.05, 3.63) is 22.9 Å². The van der Waals surface area contributed by atoms with Gasteiger partial charge < -0.3 is 10.6 Å². The number of hydrogen-bond acceptors (Lipinski definition) is 2. The van der Waals surface area contributed by atoms with Crippen LogP contribution in [-0.4, -0.2) is 17.9 Å². The van der Waals surface area contributed by atoms with Crippen molar-refractivity contribution in [2.75, 3.05) is 0 Å². The fourth-order valence-electron chi connectivity index (χ4n) is 2.28. The Bertz CT molecular complexity index is 407. The lowest BCUT2D eigenvalue weighted by Gasteiger charge is -2.31. The zero-order valence-electron chi connectivity index (χ0n) is 9.59. The molecular weight excluding hydrogens is 204 g/mol. The molecule has 2 rings (SSSR count). The molecule has 0 fully saturated rings. The summed E-state index contributed by atoms with van der Waals surface area (Å²) < 4.78 is 0. The minimum Gasteiger partial charge on any atom is -0.348 e. The highest BCUT2D eigenvalue weighted by molar-refractivity contribution is 5.81. The first-order chi connectivity index (χ1) is 7.58. The summed E-state index contributed by atoms with van der Waals surface area (Å²) in [6, 6.07) is -0.0690. The van der Waals surface area contributed by atoms with E-state index in [-0.39, 0.29) is 17.9 Å². The lowest BCUT2D eigenvalue weighted by Crippen LogP contribution is -2.44. The molecule has 4 nitrogen and oxygen atoms in total. The van der Waals surface area contributed by atoms with Gasteiger partial charge in [0.2, 0.25) is 11.8 Å². The second-order valence-electron chi connectivity index (χ2n) is 4.32. The third-order valence-electron chi connectivity index (χ3n) is 3.06. The number of carbonyl (C=O) groups is 2. The molecule has 1 aliphatic carbocycles. The summed E-state index contributed by atoms with van der Waals surface area (Å²) in [5.41, 5.74) is 3.30. The minimum atomic E-state index is -0.0690. The molecule has 2 aliphatic rings. The number of allylic oxidation sites excluding steroid dienone is 2. The van der Waals surface area contributed by atoms with Gasteiger partial charge in [0, 0.05) is 19.0 Å². The van der Waals surface area contributed by atoms with Crippen LogP contribution in [0, 0.1) is 0 Å². The van der Waals surface area contributed by atoms with Crippen LogP contribution in [0.3, 0.4) is 0 Å². The van der Waals surface area contributed by atoms with Gasteiger partial charge in [-0.05, 0) is 30.9 Å². The van der Waals surface area contributed by atoms with Gasteiger partial charge >= 0.3 is 0 Å². The predicted molar refractivity (Wildman–Crippen MR) is 60.4 cm³/mol. The Morgan fingerprint density at radius 1 is 1.50 bits per heavy atom. The Morgan fingerprint density at radius 3 is 2.94 bits per heavy atom. The molecule has 1 heterocycles. The molecule has 0 aromatic carbocycles. The molecule has 4 heteroatoms. The Kier molecular flexibility index (Phi) is 2.81. The Labute approximate surface area is 94.8 Å². The molecule has 2 amide bonds. The molecule has 0 bridgehead atoms. The molecule has 86 valence electrons. The second-order valence-corrected chi connectivity index (χ2v) is 4.32. The standard InChI is InChI=1S/C12H16N2O2/c1-7-3-5-10(13-8(2)15)12-9(7)4-6-11(16)14-12/h3,10H,4-6H2,1-2H3,(H,13,15)(H,14,16). The molecule has 1 atom stereocenters. The third-order valence-corrected chi connectivity index (χ3v) is 3.06.